The zero-order valence-electron chi connectivity index (χ0n) is 9.19. The molecule has 78 valence electrons. The van der Waals surface area contributed by atoms with Gasteiger partial charge in [-0.15, -0.1) is 0 Å². The van der Waals surface area contributed by atoms with Gasteiger partial charge >= 0.3 is 0 Å². The number of Topliss-reactive ketones (excluding diaryl/α,β-unsaturated/α-hetero) is 1. The van der Waals surface area contributed by atoms with E-state index in [-0.39, 0.29) is 11.7 Å². The van der Waals surface area contributed by atoms with Crippen LogP contribution in [0.25, 0.3) is 5.52 Å². The third kappa shape index (κ3) is 1.54. The lowest BCUT2D eigenvalue weighted by atomic mass is 10.0. The summed E-state index contributed by atoms with van der Waals surface area (Å²) in [4.78, 5) is 16.1. The van der Waals surface area contributed by atoms with Crippen LogP contribution in [-0.4, -0.2) is 15.2 Å². The predicted octanol–water partition coefficient (Wildman–Crippen LogP) is 2.48. The van der Waals surface area contributed by atoms with Gasteiger partial charge in [-0.1, -0.05) is 13.8 Å². The van der Waals surface area contributed by atoms with Gasteiger partial charge in [0.1, 0.15) is 5.82 Å². The number of rotatable bonds is 2. The number of nitrogens with zero attached hydrogens (tertiary/aromatic N) is 2. The molecular weight excluding hydrogens is 188 g/mol. The van der Waals surface area contributed by atoms with Crippen LogP contribution < -0.4 is 0 Å². The summed E-state index contributed by atoms with van der Waals surface area (Å²) < 4.78 is 1.94. The summed E-state index contributed by atoms with van der Waals surface area (Å²) in [5.74, 6) is 1.09. The number of pyridine rings is 1. The van der Waals surface area contributed by atoms with Crippen molar-refractivity contribution in [2.75, 3.05) is 0 Å². The molecule has 0 fully saturated rings. The normalized spacial score (nSPS) is 11.2. The monoisotopic (exact) mass is 202 g/mol. The fourth-order valence-electron chi connectivity index (χ4n) is 1.67. The highest BCUT2D eigenvalue weighted by atomic mass is 16.1. The van der Waals surface area contributed by atoms with Gasteiger partial charge in [0.2, 0.25) is 0 Å². The van der Waals surface area contributed by atoms with E-state index in [4.69, 9.17) is 0 Å². The van der Waals surface area contributed by atoms with Crippen molar-refractivity contribution in [1.29, 1.82) is 0 Å². The first kappa shape index (κ1) is 9.90. The lowest BCUT2D eigenvalue weighted by Gasteiger charge is -2.06. The fourth-order valence-corrected chi connectivity index (χ4v) is 1.67. The van der Waals surface area contributed by atoms with Crippen LogP contribution in [0.2, 0.25) is 0 Å². The minimum atomic E-state index is 0.0198. The molecule has 2 rings (SSSR count). The van der Waals surface area contributed by atoms with Gasteiger partial charge in [-0.3, -0.25) is 4.79 Å². The Balaban J connectivity index is 2.66. The second-order valence-electron chi connectivity index (χ2n) is 4.00. The Bertz CT molecular complexity index is 511. The zero-order chi connectivity index (χ0) is 11.0. The molecule has 0 N–H and O–H groups in total. The average Bonchev–Trinajstić information content (AvgIpc) is 2.59. The van der Waals surface area contributed by atoms with Gasteiger partial charge in [-0.05, 0) is 19.1 Å². The van der Waals surface area contributed by atoms with Crippen molar-refractivity contribution in [3.8, 4) is 0 Å². The molecule has 0 aliphatic rings. The first-order valence-electron chi connectivity index (χ1n) is 5.08. The molecular formula is C12H14N2O. The maximum atomic E-state index is 11.9. The Hall–Kier alpha value is -1.64. The van der Waals surface area contributed by atoms with E-state index in [2.05, 4.69) is 4.98 Å². The van der Waals surface area contributed by atoms with Gasteiger partial charge in [0.15, 0.2) is 5.78 Å². The minimum absolute atomic E-state index is 0.0198. The predicted molar refractivity (Wildman–Crippen MR) is 59.1 cm³/mol. The summed E-state index contributed by atoms with van der Waals surface area (Å²) in [7, 11) is 0. The minimum Gasteiger partial charge on any atom is -0.303 e. The molecule has 0 saturated heterocycles. The van der Waals surface area contributed by atoms with Crippen molar-refractivity contribution in [2.45, 2.75) is 20.8 Å². The van der Waals surface area contributed by atoms with Crippen LogP contribution in [-0.2, 0) is 0 Å². The Morgan fingerprint density at radius 3 is 2.87 bits per heavy atom. The van der Waals surface area contributed by atoms with Gasteiger partial charge in [0.05, 0.1) is 11.7 Å². The van der Waals surface area contributed by atoms with Crippen LogP contribution in [0.15, 0.2) is 24.5 Å². The van der Waals surface area contributed by atoms with Crippen molar-refractivity contribution in [1.82, 2.24) is 9.38 Å². The third-order valence-electron chi connectivity index (χ3n) is 2.55. The Labute approximate surface area is 88.8 Å². The lowest BCUT2D eigenvalue weighted by molar-refractivity contribution is 0.0940. The first-order valence-corrected chi connectivity index (χ1v) is 5.08. The Morgan fingerprint density at radius 2 is 2.20 bits per heavy atom. The Kier molecular flexibility index (Phi) is 2.31. The van der Waals surface area contributed by atoms with E-state index in [0.717, 1.165) is 16.9 Å². The van der Waals surface area contributed by atoms with Gasteiger partial charge in [-0.25, -0.2) is 4.98 Å². The van der Waals surface area contributed by atoms with E-state index in [1.54, 1.807) is 6.20 Å². The van der Waals surface area contributed by atoms with E-state index in [1.165, 1.54) is 0 Å². The number of hydrogen-bond donors (Lipinski definition) is 0. The molecule has 2 aromatic heterocycles. The highest BCUT2D eigenvalue weighted by Crippen LogP contribution is 2.16. The second kappa shape index (κ2) is 3.50. The standard InChI is InChI=1S/C12H14N2O/c1-8(2)12(15)10-5-4-6-14-9(3)13-7-11(10)14/h4-8H,1-3H3. The number of fused-ring (bicyclic) bond motifs is 1. The largest absolute Gasteiger partial charge is 0.303 e. The average molecular weight is 202 g/mol. The quantitative estimate of drug-likeness (QED) is 0.701. The van der Waals surface area contributed by atoms with Crippen LogP contribution in [0.1, 0.15) is 30.0 Å². The maximum absolute atomic E-state index is 11.9. The molecule has 0 spiro atoms. The smallest absolute Gasteiger partial charge is 0.167 e. The molecule has 0 aliphatic heterocycles. The number of aromatic nitrogens is 2. The number of hydrogen-bond acceptors (Lipinski definition) is 2. The topological polar surface area (TPSA) is 34.4 Å². The van der Waals surface area contributed by atoms with Gasteiger partial charge in [-0.2, -0.15) is 0 Å². The highest BCUT2D eigenvalue weighted by molar-refractivity contribution is 6.03. The Morgan fingerprint density at radius 1 is 1.47 bits per heavy atom. The van der Waals surface area contributed by atoms with Crippen LogP contribution >= 0.6 is 0 Å². The summed E-state index contributed by atoms with van der Waals surface area (Å²) in [6.45, 7) is 5.75. The second-order valence-corrected chi connectivity index (χ2v) is 4.00. The molecule has 0 saturated carbocycles. The van der Waals surface area contributed by atoms with Gasteiger partial charge in [0.25, 0.3) is 0 Å². The van der Waals surface area contributed by atoms with E-state index in [0.29, 0.717) is 0 Å². The third-order valence-corrected chi connectivity index (χ3v) is 2.55. The molecule has 2 heterocycles. The number of aryl methyl sites for hydroxylation is 1. The molecule has 0 radical (unpaired) electrons. The summed E-state index contributed by atoms with van der Waals surface area (Å²) in [6.07, 6.45) is 3.68. The van der Waals surface area contributed by atoms with Crippen LogP contribution in [0, 0.1) is 12.8 Å². The summed E-state index contributed by atoms with van der Waals surface area (Å²) in [5, 5.41) is 0. The SMILES string of the molecule is Cc1ncc2c(C(=O)C(C)C)cccn12. The summed E-state index contributed by atoms with van der Waals surface area (Å²) >= 11 is 0. The van der Waals surface area contributed by atoms with Crippen molar-refractivity contribution < 1.29 is 4.79 Å². The molecule has 3 nitrogen and oxygen atoms in total. The van der Waals surface area contributed by atoms with Crippen LogP contribution in [0.4, 0.5) is 0 Å². The number of ketones is 1. The van der Waals surface area contributed by atoms with E-state index in [9.17, 15) is 4.79 Å². The van der Waals surface area contributed by atoms with E-state index >= 15 is 0 Å². The van der Waals surface area contributed by atoms with Crippen molar-refractivity contribution >= 4 is 11.3 Å². The zero-order valence-corrected chi connectivity index (χ0v) is 9.19. The van der Waals surface area contributed by atoms with Gasteiger partial charge < -0.3 is 4.40 Å². The molecule has 0 aliphatic carbocycles. The molecule has 0 unspecified atom stereocenters. The maximum Gasteiger partial charge on any atom is 0.167 e. The molecule has 0 amide bonds. The fraction of sp³-hybridized carbons (Fsp3) is 0.333. The molecule has 3 heteroatoms. The van der Waals surface area contributed by atoms with Crippen molar-refractivity contribution in [3.05, 3.63) is 35.9 Å². The number of carbonyl (C=O) groups is 1. The van der Waals surface area contributed by atoms with E-state index in [1.807, 2.05) is 43.5 Å². The molecule has 0 atom stereocenters. The van der Waals surface area contributed by atoms with Gasteiger partial charge in [0, 0.05) is 17.7 Å². The van der Waals surface area contributed by atoms with E-state index < -0.39 is 0 Å². The van der Waals surface area contributed by atoms with Crippen molar-refractivity contribution in [2.24, 2.45) is 5.92 Å². The van der Waals surface area contributed by atoms with Crippen molar-refractivity contribution in [3.63, 3.8) is 0 Å². The first-order chi connectivity index (χ1) is 7.11. The highest BCUT2D eigenvalue weighted by Gasteiger charge is 2.14. The van der Waals surface area contributed by atoms with Crippen LogP contribution in [0.5, 0.6) is 0 Å². The number of carbonyl (C=O) groups excluding carboxylic acids is 1. The summed E-state index contributed by atoms with van der Waals surface area (Å²) in [6, 6.07) is 3.75. The molecule has 0 aromatic carbocycles. The molecule has 15 heavy (non-hydrogen) atoms. The molecule has 2 aromatic rings. The summed E-state index contributed by atoms with van der Waals surface area (Å²) in [5.41, 5.74) is 1.65. The lowest BCUT2D eigenvalue weighted by Crippen LogP contribution is -2.08. The molecule has 0 bridgehead atoms. The van der Waals surface area contributed by atoms with Crippen LogP contribution in [0.3, 0.4) is 0 Å². The number of imidazole rings is 1.